The third-order valence-corrected chi connectivity index (χ3v) is 5.20. The molecule has 0 atom stereocenters. The fraction of sp³-hybridized carbons (Fsp3) is 0.231. The van der Waals surface area contributed by atoms with Gasteiger partial charge in [-0.25, -0.2) is 4.98 Å². The van der Waals surface area contributed by atoms with Crippen molar-refractivity contribution in [2.24, 2.45) is 0 Å². The summed E-state index contributed by atoms with van der Waals surface area (Å²) < 4.78 is 16.8. The summed E-state index contributed by atoms with van der Waals surface area (Å²) in [6, 6.07) is 18.5. The second kappa shape index (κ2) is 9.14. The van der Waals surface area contributed by atoms with Gasteiger partial charge in [0.25, 0.3) is 5.91 Å². The van der Waals surface area contributed by atoms with Crippen LogP contribution in [0.5, 0.6) is 11.5 Å². The zero-order valence-corrected chi connectivity index (χ0v) is 18.6. The third-order valence-electron chi connectivity index (χ3n) is 5.20. The van der Waals surface area contributed by atoms with Gasteiger partial charge in [0.05, 0.1) is 19.4 Å². The van der Waals surface area contributed by atoms with Gasteiger partial charge in [-0.3, -0.25) is 4.79 Å². The lowest BCUT2D eigenvalue weighted by atomic mass is 10.0. The summed E-state index contributed by atoms with van der Waals surface area (Å²) in [4.78, 5) is 17.4. The van der Waals surface area contributed by atoms with Crippen molar-refractivity contribution in [3.8, 4) is 23.0 Å². The topological polar surface area (TPSA) is 73.6 Å². The molecule has 0 radical (unpaired) electrons. The van der Waals surface area contributed by atoms with Crippen molar-refractivity contribution in [1.29, 1.82) is 0 Å². The number of benzene rings is 3. The molecule has 6 nitrogen and oxygen atoms in total. The molecule has 0 aliphatic heterocycles. The van der Waals surface area contributed by atoms with Gasteiger partial charge < -0.3 is 19.2 Å². The molecule has 3 aromatic carbocycles. The fourth-order valence-corrected chi connectivity index (χ4v) is 3.43. The van der Waals surface area contributed by atoms with Gasteiger partial charge in [-0.15, -0.1) is 0 Å². The molecule has 4 rings (SSSR count). The van der Waals surface area contributed by atoms with Crippen molar-refractivity contribution in [3.05, 3.63) is 71.8 Å². The predicted octanol–water partition coefficient (Wildman–Crippen LogP) is 6.28. The second-order valence-electron chi connectivity index (χ2n) is 7.73. The van der Waals surface area contributed by atoms with E-state index in [2.05, 4.69) is 30.2 Å². The van der Waals surface area contributed by atoms with Crippen LogP contribution in [-0.2, 0) is 0 Å². The van der Waals surface area contributed by atoms with E-state index in [0.717, 1.165) is 22.4 Å². The number of hydrogen-bond donors (Lipinski definition) is 1. The SMILES string of the molecule is CCOc1ccc(C(=O)Nc2cc(-c3nc4cc(C(C)C)ccc4o3)ccc2OC)cc1. The Morgan fingerprint density at radius 3 is 2.53 bits per heavy atom. The van der Waals surface area contributed by atoms with E-state index in [1.807, 2.05) is 25.1 Å². The van der Waals surface area contributed by atoms with Crippen LogP contribution in [0.15, 0.2) is 65.1 Å². The molecule has 0 bridgehead atoms. The minimum atomic E-state index is -0.248. The highest BCUT2D eigenvalue weighted by atomic mass is 16.5. The van der Waals surface area contributed by atoms with Crippen molar-refractivity contribution < 1.29 is 18.7 Å². The average molecular weight is 431 g/mol. The Morgan fingerprint density at radius 1 is 1.06 bits per heavy atom. The molecule has 4 aromatic rings. The number of ether oxygens (including phenoxy) is 2. The number of carbonyl (C=O) groups is 1. The van der Waals surface area contributed by atoms with Crippen LogP contribution in [0.2, 0.25) is 0 Å². The zero-order chi connectivity index (χ0) is 22.7. The summed E-state index contributed by atoms with van der Waals surface area (Å²) in [6.07, 6.45) is 0. The first-order chi connectivity index (χ1) is 15.5. The maximum Gasteiger partial charge on any atom is 0.255 e. The van der Waals surface area contributed by atoms with Crippen LogP contribution < -0.4 is 14.8 Å². The molecule has 0 saturated heterocycles. The molecule has 1 N–H and O–H groups in total. The summed E-state index contributed by atoms with van der Waals surface area (Å²) >= 11 is 0. The van der Waals surface area contributed by atoms with Crippen LogP contribution in [0, 0.1) is 0 Å². The predicted molar refractivity (Wildman–Crippen MR) is 126 cm³/mol. The smallest absolute Gasteiger partial charge is 0.255 e. The van der Waals surface area contributed by atoms with E-state index in [1.54, 1.807) is 43.5 Å². The van der Waals surface area contributed by atoms with Gasteiger partial charge in [0.1, 0.15) is 17.0 Å². The largest absolute Gasteiger partial charge is 0.495 e. The molecule has 6 heteroatoms. The van der Waals surface area contributed by atoms with Gasteiger partial charge in [0.15, 0.2) is 5.58 Å². The van der Waals surface area contributed by atoms with Gasteiger partial charge >= 0.3 is 0 Å². The number of hydrogen-bond acceptors (Lipinski definition) is 5. The van der Waals surface area contributed by atoms with Crippen molar-refractivity contribution in [3.63, 3.8) is 0 Å². The number of anilines is 1. The Bertz CT molecular complexity index is 1240. The molecular formula is C26H26N2O4. The molecule has 0 saturated carbocycles. The van der Waals surface area contributed by atoms with Crippen LogP contribution in [0.25, 0.3) is 22.6 Å². The first-order valence-corrected chi connectivity index (χ1v) is 10.6. The molecule has 32 heavy (non-hydrogen) atoms. The van der Waals surface area contributed by atoms with E-state index >= 15 is 0 Å². The highest BCUT2D eigenvalue weighted by Crippen LogP contribution is 2.33. The zero-order valence-electron chi connectivity index (χ0n) is 18.6. The third kappa shape index (κ3) is 4.44. The number of carbonyl (C=O) groups excluding carboxylic acids is 1. The molecule has 0 fully saturated rings. The fourth-order valence-electron chi connectivity index (χ4n) is 3.43. The Balaban J connectivity index is 1.62. The summed E-state index contributed by atoms with van der Waals surface area (Å²) in [5.41, 5.74) is 4.53. The molecule has 0 aliphatic rings. The van der Waals surface area contributed by atoms with E-state index in [1.165, 1.54) is 5.56 Å². The average Bonchev–Trinajstić information content (AvgIpc) is 3.23. The number of methoxy groups -OCH3 is 1. The van der Waals surface area contributed by atoms with Crippen LogP contribution in [0.4, 0.5) is 5.69 Å². The van der Waals surface area contributed by atoms with E-state index in [0.29, 0.717) is 35.4 Å². The van der Waals surface area contributed by atoms with Crippen molar-refractivity contribution in [2.75, 3.05) is 19.0 Å². The van der Waals surface area contributed by atoms with E-state index in [-0.39, 0.29) is 5.91 Å². The minimum absolute atomic E-state index is 0.248. The monoisotopic (exact) mass is 430 g/mol. The molecule has 164 valence electrons. The minimum Gasteiger partial charge on any atom is -0.495 e. The van der Waals surface area contributed by atoms with E-state index in [9.17, 15) is 4.79 Å². The molecule has 0 aliphatic carbocycles. The van der Waals surface area contributed by atoms with Crippen LogP contribution in [0.3, 0.4) is 0 Å². The number of aromatic nitrogens is 1. The highest BCUT2D eigenvalue weighted by molar-refractivity contribution is 6.05. The number of amides is 1. The van der Waals surface area contributed by atoms with Gasteiger partial charge in [0, 0.05) is 11.1 Å². The lowest BCUT2D eigenvalue weighted by molar-refractivity contribution is 0.102. The van der Waals surface area contributed by atoms with Gasteiger partial charge in [-0.1, -0.05) is 19.9 Å². The lowest BCUT2D eigenvalue weighted by Crippen LogP contribution is -2.12. The maximum atomic E-state index is 12.8. The summed E-state index contributed by atoms with van der Waals surface area (Å²) in [5, 5.41) is 2.92. The quantitative estimate of drug-likeness (QED) is 0.374. The number of nitrogens with one attached hydrogen (secondary N) is 1. The van der Waals surface area contributed by atoms with Gasteiger partial charge in [-0.05, 0) is 73.0 Å². The summed E-state index contributed by atoms with van der Waals surface area (Å²) in [5.74, 6) is 1.92. The highest BCUT2D eigenvalue weighted by Gasteiger charge is 2.15. The Hall–Kier alpha value is -3.80. The Morgan fingerprint density at radius 2 is 1.84 bits per heavy atom. The van der Waals surface area contributed by atoms with Gasteiger partial charge in [0.2, 0.25) is 5.89 Å². The Labute approximate surface area is 187 Å². The molecule has 1 heterocycles. The van der Waals surface area contributed by atoms with Crippen LogP contribution in [0.1, 0.15) is 42.6 Å². The van der Waals surface area contributed by atoms with Crippen LogP contribution in [-0.4, -0.2) is 24.6 Å². The first-order valence-electron chi connectivity index (χ1n) is 10.6. The summed E-state index contributed by atoms with van der Waals surface area (Å²) in [6.45, 7) is 6.78. The first kappa shape index (κ1) is 21.4. The van der Waals surface area contributed by atoms with Crippen molar-refractivity contribution in [1.82, 2.24) is 4.98 Å². The molecule has 1 aromatic heterocycles. The number of oxazole rings is 1. The summed E-state index contributed by atoms with van der Waals surface area (Å²) in [7, 11) is 1.56. The number of nitrogens with zero attached hydrogens (tertiary/aromatic N) is 1. The number of rotatable bonds is 7. The second-order valence-corrected chi connectivity index (χ2v) is 7.73. The van der Waals surface area contributed by atoms with Crippen molar-refractivity contribution >= 4 is 22.7 Å². The van der Waals surface area contributed by atoms with Crippen LogP contribution >= 0.6 is 0 Å². The van der Waals surface area contributed by atoms with E-state index in [4.69, 9.17) is 13.9 Å². The van der Waals surface area contributed by atoms with Crippen molar-refractivity contribution in [2.45, 2.75) is 26.7 Å². The number of fused-ring (bicyclic) bond motifs is 1. The molecule has 0 unspecified atom stereocenters. The maximum absolute atomic E-state index is 12.8. The Kier molecular flexibility index (Phi) is 6.12. The van der Waals surface area contributed by atoms with Gasteiger partial charge in [-0.2, -0.15) is 0 Å². The lowest BCUT2D eigenvalue weighted by Gasteiger charge is -2.11. The molecular weight excluding hydrogens is 404 g/mol. The molecule has 0 spiro atoms. The standard InChI is InChI=1S/C26H26N2O4/c1-5-31-20-10-6-17(7-11-20)25(29)27-21-15-19(9-12-23(21)30-4)26-28-22-14-18(16(2)3)8-13-24(22)32-26/h6-16H,5H2,1-4H3,(H,27,29). The normalized spacial score (nSPS) is 11.0. The van der Waals surface area contributed by atoms with E-state index < -0.39 is 0 Å². The molecule has 1 amide bonds.